The molecule has 0 amide bonds. The molecule has 0 aliphatic carbocycles. The number of anilines is 1. The highest BCUT2D eigenvalue weighted by molar-refractivity contribution is 5.78. The number of carboxylic acids is 1. The van der Waals surface area contributed by atoms with Crippen LogP contribution in [0.25, 0.3) is 0 Å². The summed E-state index contributed by atoms with van der Waals surface area (Å²) in [5, 5.41) is 26.9. The summed E-state index contributed by atoms with van der Waals surface area (Å²) in [7, 11) is 0. The van der Waals surface area contributed by atoms with Crippen LogP contribution in [0.2, 0.25) is 0 Å². The molecule has 19 heavy (non-hydrogen) atoms. The number of aromatic nitrogens is 2. The first-order valence-electron chi connectivity index (χ1n) is 6.13. The topological polar surface area (TPSA) is 110 Å². The molecule has 2 N–H and O–H groups in total. The Morgan fingerprint density at radius 2 is 2.21 bits per heavy atom. The number of carboxylic acid groups (broad SMARTS) is 1. The number of carbonyl (C=O) groups is 1. The maximum absolute atomic E-state index is 11.1. The van der Waals surface area contributed by atoms with Crippen LogP contribution in [-0.2, 0) is 11.3 Å². The number of nitro groups is 1. The van der Waals surface area contributed by atoms with Gasteiger partial charge in [-0.3, -0.25) is 10.1 Å². The smallest absolute Gasteiger partial charge is 0.333 e. The summed E-state index contributed by atoms with van der Waals surface area (Å²) in [5.41, 5.74) is 0.120. The summed E-state index contributed by atoms with van der Waals surface area (Å²) in [4.78, 5) is 21.6. The van der Waals surface area contributed by atoms with Crippen LogP contribution >= 0.6 is 0 Å². The lowest BCUT2D eigenvalue weighted by Crippen LogP contribution is -2.29. The minimum Gasteiger partial charge on any atom is -0.480 e. The predicted octanol–water partition coefficient (Wildman–Crippen LogP) is 1.78. The molecule has 0 saturated carbocycles. The Morgan fingerprint density at radius 3 is 2.63 bits per heavy atom. The first-order chi connectivity index (χ1) is 8.92. The zero-order valence-electron chi connectivity index (χ0n) is 11.2. The molecule has 0 aromatic carbocycles. The zero-order chi connectivity index (χ0) is 14.6. The number of rotatable bonds is 7. The van der Waals surface area contributed by atoms with Gasteiger partial charge in [0.05, 0.1) is 4.92 Å². The van der Waals surface area contributed by atoms with Gasteiger partial charge in [0.15, 0.2) is 0 Å². The lowest BCUT2D eigenvalue weighted by molar-refractivity contribution is -0.384. The van der Waals surface area contributed by atoms with Crippen molar-refractivity contribution in [1.82, 2.24) is 9.78 Å². The summed E-state index contributed by atoms with van der Waals surface area (Å²) in [6.45, 7) is 5.65. The summed E-state index contributed by atoms with van der Waals surface area (Å²) in [6.07, 6.45) is 1.07. The normalized spacial score (nSPS) is 12.2. The van der Waals surface area contributed by atoms with Gasteiger partial charge in [-0.15, -0.1) is 0 Å². The van der Waals surface area contributed by atoms with E-state index in [1.165, 1.54) is 11.6 Å². The van der Waals surface area contributed by atoms with Gasteiger partial charge in [0.2, 0.25) is 5.82 Å². The van der Waals surface area contributed by atoms with Crippen LogP contribution in [0.15, 0.2) is 0 Å². The molecule has 1 unspecified atom stereocenters. The number of aryl methyl sites for hydroxylation is 2. The molecular formula is C11H18N4O4. The standard InChI is InChI=1S/C11H18N4O4/c1-4-6-14-10(12-8(5-2)11(16)17)9(15(18)19)7(3)13-14/h8,12H,4-6H2,1-3H3,(H,16,17). The number of hydrogen-bond donors (Lipinski definition) is 2. The first kappa shape index (κ1) is 14.9. The number of aliphatic carboxylic acids is 1. The van der Waals surface area contributed by atoms with Crippen molar-refractivity contribution in [2.24, 2.45) is 0 Å². The van der Waals surface area contributed by atoms with Crippen LogP contribution in [0.3, 0.4) is 0 Å². The Balaban J connectivity index is 3.21. The van der Waals surface area contributed by atoms with E-state index in [4.69, 9.17) is 5.11 Å². The highest BCUT2D eigenvalue weighted by Crippen LogP contribution is 2.29. The van der Waals surface area contributed by atoms with Gasteiger partial charge in [0, 0.05) is 6.54 Å². The van der Waals surface area contributed by atoms with E-state index in [-0.39, 0.29) is 17.2 Å². The van der Waals surface area contributed by atoms with E-state index in [9.17, 15) is 14.9 Å². The van der Waals surface area contributed by atoms with Crippen LogP contribution < -0.4 is 5.32 Å². The maximum Gasteiger partial charge on any atom is 0.333 e. The number of hydrogen-bond acceptors (Lipinski definition) is 5. The fourth-order valence-electron chi connectivity index (χ4n) is 1.81. The molecule has 1 atom stereocenters. The SMILES string of the molecule is CCCn1nc(C)c([N+](=O)[O-])c1NC(CC)C(=O)O. The van der Waals surface area contributed by atoms with E-state index >= 15 is 0 Å². The highest BCUT2D eigenvalue weighted by Gasteiger charge is 2.28. The molecule has 0 radical (unpaired) electrons. The Labute approximate surface area is 110 Å². The molecule has 0 bridgehead atoms. The fraction of sp³-hybridized carbons (Fsp3) is 0.636. The molecular weight excluding hydrogens is 252 g/mol. The fourth-order valence-corrected chi connectivity index (χ4v) is 1.81. The monoisotopic (exact) mass is 270 g/mol. The van der Waals surface area contributed by atoms with Crippen LogP contribution in [0.1, 0.15) is 32.4 Å². The Kier molecular flexibility index (Phi) is 4.85. The average molecular weight is 270 g/mol. The Bertz CT molecular complexity index is 483. The van der Waals surface area contributed by atoms with Gasteiger partial charge in [0.1, 0.15) is 11.7 Å². The van der Waals surface area contributed by atoms with Crippen molar-refractivity contribution >= 4 is 17.5 Å². The molecule has 1 aromatic rings. The second kappa shape index (κ2) is 6.17. The van der Waals surface area contributed by atoms with Crippen molar-refractivity contribution in [3.63, 3.8) is 0 Å². The second-order valence-corrected chi connectivity index (χ2v) is 4.21. The summed E-state index contributed by atoms with van der Waals surface area (Å²) in [6, 6.07) is -0.870. The molecule has 0 saturated heterocycles. The number of nitrogens with one attached hydrogen (secondary N) is 1. The first-order valence-corrected chi connectivity index (χ1v) is 6.13. The van der Waals surface area contributed by atoms with Crippen LogP contribution in [-0.4, -0.2) is 31.8 Å². The molecule has 106 valence electrons. The van der Waals surface area contributed by atoms with Gasteiger partial charge >= 0.3 is 11.7 Å². The molecule has 0 spiro atoms. The number of nitrogens with zero attached hydrogens (tertiary/aromatic N) is 3. The third kappa shape index (κ3) is 3.21. The van der Waals surface area contributed by atoms with E-state index in [1.54, 1.807) is 6.92 Å². The third-order valence-corrected chi connectivity index (χ3v) is 2.73. The van der Waals surface area contributed by atoms with Crippen LogP contribution in [0.4, 0.5) is 11.5 Å². The molecule has 1 rings (SSSR count). The molecule has 0 aliphatic rings. The van der Waals surface area contributed by atoms with Crippen molar-refractivity contribution in [1.29, 1.82) is 0 Å². The summed E-state index contributed by atoms with van der Waals surface area (Å²) < 4.78 is 1.46. The van der Waals surface area contributed by atoms with E-state index in [1.807, 2.05) is 6.92 Å². The minimum atomic E-state index is -1.04. The quantitative estimate of drug-likeness (QED) is 0.577. The van der Waals surface area contributed by atoms with Crippen molar-refractivity contribution < 1.29 is 14.8 Å². The van der Waals surface area contributed by atoms with E-state index < -0.39 is 16.9 Å². The zero-order valence-corrected chi connectivity index (χ0v) is 11.2. The van der Waals surface area contributed by atoms with Gasteiger partial charge in [-0.1, -0.05) is 13.8 Å². The summed E-state index contributed by atoms with van der Waals surface area (Å²) in [5.74, 6) is -0.878. The second-order valence-electron chi connectivity index (χ2n) is 4.21. The molecule has 0 fully saturated rings. The lowest BCUT2D eigenvalue weighted by atomic mass is 10.2. The molecule has 8 heteroatoms. The van der Waals surface area contributed by atoms with Crippen molar-refractivity contribution in [3.8, 4) is 0 Å². The molecule has 8 nitrogen and oxygen atoms in total. The third-order valence-electron chi connectivity index (χ3n) is 2.73. The average Bonchev–Trinajstić information content (AvgIpc) is 2.62. The predicted molar refractivity (Wildman–Crippen MR) is 69.2 cm³/mol. The molecule has 0 aliphatic heterocycles. The van der Waals surface area contributed by atoms with Gasteiger partial charge in [0.25, 0.3) is 0 Å². The Morgan fingerprint density at radius 1 is 1.58 bits per heavy atom. The van der Waals surface area contributed by atoms with Gasteiger partial charge < -0.3 is 10.4 Å². The van der Waals surface area contributed by atoms with E-state index in [0.717, 1.165) is 6.42 Å². The Hall–Kier alpha value is -2.12. The van der Waals surface area contributed by atoms with Gasteiger partial charge in [-0.05, 0) is 19.8 Å². The van der Waals surface area contributed by atoms with Crippen molar-refractivity contribution in [3.05, 3.63) is 15.8 Å². The van der Waals surface area contributed by atoms with Gasteiger partial charge in [-0.2, -0.15) is 5.10 Å². The van der Waals surface area contributed by atoms with Crippen molar-refractivity contribution in [2.45, 2.75) is 46.2 Å². The van der Waals surface area contributed by atoms with E-state index in [2.05, 4.69) is 10.4 Å². The molecule has 1 heterocycles. The largest absolute Gasteiger partial charge is 0.480 e. The maximum atomic E-state index is 11.1. The molecule has 1 aromatic heterocycles. The van der Waals surface area contributed by atoms with Crippen LogP contribution in [0.5, 0.6) is 0 Å². The summed E-state index contributed by atoms with van der Waals surface area (Å²) >= 11 is 0. The highest BCUT2D eigenvalue weighted by atomic mass is 16.6. The lowest BCUT2D eigenvalue weighted by Gasteiger charge is -2.14. The van der Waals surface area contributed by atoms with Crippen molar-refractivity contribution in [2.75, 3.05) is 5.32 Å². The van der Waals surface area contributed by atoms with Crippen LogP contribution in [0, 0.1) is 17.0 Å². The van der Waals surface area contributed by atoms with E-state index in [0.29, 0.717) is 13.0 Å². The minimum absolute atomic E-state index is 0.159. The van der Waals surface area contributed by atoms with Gasteiger partial charge in [-0.25, -0.2) is 9.48 Å².